The van der Waals surface area contributed by atoms with Crippen molar-refractivity contribution in [2.75, 3.05) is 16.8 Å². The highest BCUT2D eigenvalue weighted by molar-refractivity contribution is 7.99. The van der Waals surface area contributed by atoms with Crippen LogP contribution in [-0.2, 0) is 10.7 Å². The molecule has 1 amide bonds. The number of alkyl halides is 1. The molecule has 0 saturated carbocycles. The molecule has 2 nitrogen and oxygen atoms in total. The van der Waals surface area contributed by atoms with E-state index in [0.29, 0.717) is 5.88 Å². The Kier molecular flexibility index (Phi) is 4.13. The predicted octanol–water partition coefficient (Wildman–Crippen LogP) is 3.12. The Morgan fingerprint density at radius 2 is 2.31 bits per heavy atom. The fourth-order valence-electron chi connectivity index (χ4n) is 1.73. The van der Waals surface area contributed by atoms with Gasteiger partial charge in [0.15, 0.2) is 0 Å². The summed E-state index contributed by atoms with van der Waals surface area (Å²) in [5, 5.41) is 2.97. The van der Waals surface area contributed by atoms with Gasteiger partial charge in [-0.1, -0.05) is 18.2 Å². The number of hydrogen-bond acceptors (Lipinski definition) is 2. The van der Waals surface area contributed by atoms with E-state index < -0.39 is 0 Å². The van der Waals surface area contributed by atoms with E-state index in [-0.39, 0.29) is 11.8 Å². The van der Waals surface area contributed by atoms with Gasteiger partial charge in [0.25, 0.3) is 0 Å². The second-order valence-corrected chi connectivity index (χ2v) is 5.26. The first-order valence-electron chi connectivity index (χ1n) is 5.33. The van der Waals surface area contributed by atoms with E-state index in [9.17, 15) is 4.79 Å². The van der Waals surface area contributed by atoms with Crippen LogP contribution in [0, 0.1) is 5.92 Å². The molecule has 0 aliphatic carbocycles. The molecule has 1 heterocycles. The van der Waals surface area contributed by atoms with Gasteiger partial charge in [0.1, 0.15) is 0 Å². The lowest BCUT2D eigenvalue weighted by molar-refractivity contribution is -0.119. The highest BCUT2D eigenvalue weighted by Gasteiger charge is 2.23. The highest BCUT2D eigenvalue weighted by atomic mass is 35.5. The third kappa shape index (κ3) is 2.71. The summed E-state index contributed by atoms with van der Waals surface area (Å²) in [6, 6.07) is 7.68. The van der Waals surface area contributed by atoms with E-state index in [1.807, 2.05) is 36.0 Å². The molecule has 0 bridgehead atoms. The molecule has 0 spiro atoms. The van der Waals surface area contributed by atoms with E-state index in [2.05, 4.69) is 5.32 Å². The number of halogens is 1. The van der Waals surface area contributed by atoms with Crippen molar-refractivity contribution in [2.45, 2.75) is 12.3 Å². The van der Waals surface area contributed by atoms with Gasteiger partial charge in [-0.05, 0) is 23.8 Å². The molecule has 1 aromatic rings. The van der Waals surface area contributed by atoms with Gasteiger partial charge in [-0.15, -0.1) is 11.6 Å². The SMILES string of the molecule is O=C(Nc1ccccc1CCl)C1CCSC1. The minimum absolute atomic E-state index is 0.127. The van der Waals surface area contributed by atoms with E-state index in [4.69, 9.17) is 11.6 Å². The molecule has 1 atom stereocenters. The maximum absolute atomic E-state index is 11.9. The van der Waals surface area contributed by atoms with Gasteiger partial charge in [-0.25, -0.2) is 0 Å². The molecular weight excluding hydrogens is 242 g/mol. The molecule has 1 aliphatic heterocycles. The van der Waals surface area contributed by atoms with Crippen LogP contribution in [0.1, 0.15) is 12.0 Å². The van der Waals surface area contributed by atoms with Gasteiger partial charge >= 0.3 is 0 Å². The molecule has 1 unspecified atom stereocenters. The fourth-order valence-corrected chi connectivity index (χ4v) is 3.19. The van der Waals surface area contributed by atoms with Crippen molar-refractivity contribution in [1.29, 1.82) is 0 Å². The average Bonchev–Trinajstić information content (AvgIpc) is 2.83. The summed E-state index contributed by atoms with van der Waals surface area (Å²) < 4.78 is 0. The molecule has 16 heavy (non-hydrogen) atoms. The molecule has 0 aromatic heterocycles. The van der Waals surface area contributed by atoms with Crippen molar-refractivity contribution in [3.63, 3.8) is 0 Å². The van der Waals surface area contributed by atoms with Gasteiger partial charge in [-0.2, -0.15) is 11.8 Å². The minimum Gasteiger partial charge on any atom is -0.326 e. The van der Waals surface area contributed by atoms with Gasteiger partial charge in [0.2, 0.25) is 5.91 Å². The maximum atomic E-state index is 11.9. The monoisotopic (exact) mass is 255 g/mol. The van der Waals surface area contributed by atoms with Crippen molar-refractivity contribution >= 4 is 35.0 Å². The number of thioether (sulfide) groups is 1. The molecule has 1 saturated heterocycles. The fraction of sp³-hybridized carbons (Fsp3) is 0.417. The number of nitrogens with one attached hydrogen (secondary N) is 1. The lowest BCUT2D eigenvalue weighted by atomic mass is 10.1. The third-order valence-corrected chi connectivity index (χ3v) is 4.17. The molecule has 4 heteroatoms. The summed E-state index contributed by atoms with van der Waals surface area (Å²) in [5.74, 6) is 2.75. The second-order valence-electron chi connectivity index (χ2n) is 3.84. The van der Waals surface area contributed by atoms with Gasteiger partial charge < -0.3 is 5.32 Å². The Balaban J connectivity index is 2.05. The second kappa shape index (κ2) is 5.60. The van der Waals surface area contributed by atoms with Gasteiger partial charge in [-0.3, -0.25) is 4.79 Å². The smallest absolute Gasteiger partial charge is 0.228 e. The van der Waals surface area contributed by atoms with Crippen molar-refractivity contribution in [1.82, 2.24) is 0 Å². The van der Waals surface area contributed by atoms with Crippen molar-refractivity contribution in [3.8, 4) is 0 Å². The van der Waals surface area contributed by atoms with E-state index in [0.717, 1.165) is 29.2 Å². The van der Waals surface area contributed by atoms with Crippen molar-refractivity contribution in [3.05, 3.63) is 29.8 Å². The summed E-state index contributed by atoms with van der Waals surface area (Å²) in [6.07, 6.45) is 0.986. The number of para-hydroxylation sites is 1. The van der Waals surface area contributed by atoms with Crippen LogP contribution >= 0.6 is 23.4 Å². The summed E-state index contributed by atoms with van der Waals surface area (Å²) in [4.78, 5) is 11.9. The molecule has 0 radical (unpaired) electrons. The summed E-state index contributed by atoms with van der Waals surface area (Å²) >= 11 is 7.66. The zero-order chi connectivity index (χ0) is 11.4. The van der Waals surface area contributed by atoms with Crippen LogP contribution in [0.2, 0.25) is 0 Å². The molecule has 86 valence electrons. The standard InChI is InChI=1S/C12H14ClNOS/c13-7-9-3-1-2-4-11(9)14-12(15)10-5-6-16-8-10/h1-4,10H,5-8H2,(H,14,15). The summed E-state index contributed by atoms with van der Waals surface area (Å²) in [7, 11) is 0. The number of anilines is 1. The van der Waals surface area contributed by atoms with Crippen LogP contribution in [0.4, 0.5) is 5.69 Å². The zero-order valence-electron chi connectivity index (χ0n) is 8.91. The quantitative estimate of drug-likeness (QED) is 0.841. The Hall–Kier alpha value is -0.670. The molecule has 1 fully saturated rings. The highest BCUT2D eigenvalue weighted by Crippen LogP contribution is 2.25. The van der Waals surface area contributed by atoms with Crippen molar-refractivity contribution < 1.29 is 4.79 Å². The number of amides is 1. The van der Waals surface area contributed by atoms with Crippen LogP contribution in [0.3, 0.4) is 0 Å². The van der Waals surface area contributed by atoms with Gasteiger partial charge in [0.05, 0.1) is 0 Å². The van der Waals surface area contributed by atoms with Gasteiger partial charge in [0, 0.05) is 23.2 Å². The maximum Gasteiger partial charge on any atom is 0.228 e. The molecule has 1 aromatic carbocycles. The van der Waals surface area contributed by atoms with Crippen LogP contribution in [-0.4, -0.2) is 17.4 Å². The number of carbonyl (C=O) groups is 1. The Bertz CT molecular complexity index is 377. The Morgan fingerprint density at radius 3 is 3.00 bits per heavy atom. The minimum atomic E-state index is 0.127. The largest absolute Gasteiger partial charge is 0.326 e. The Morgan fingerprint density at radius 1 is 1.50 bits per heavy atom. The summed E-state index contributed by atoms with van der Waals surface area (Å²) in [6.45, 7) is 0. The molecule has 1 N–H and O–H groups in total. The lowest BCUT2D eigenvalue weighted by Gasteiger charge is -2.12. The van der Waals surface area contributed by atoms with Crippen LogP contribution in [0.25, 0.3) is 0 Å². The first kappa shape index (κ1) is 11.8. The molecular formula is C12H14ClNOS. The number of benzene rings is 1. The van der Waals surface area contributed by atoms with E-state index >= 15 is 0 Å². The normalized spacial score (nSPS) is 19.7. The first-order valence-corrected chi connectivity index (χ1v) is 7.02. The Labute approximate surface area is 105 Å². The zero-order valence-corrected chi connectivity index (χ0v) is 10.5. The predicted molar refractivity (Wildman–Crippen MR) is 70.1 cm³/mol. The van der Waals surface area contributed by atoms with E-state index in [1.165, 1.54) is 0 Å². The van der Waals surface area contributed by atoms with Crippen LogP contribution < -0.4 is 5.32 Å². The third-order valence-electron chi connectivity index (χ3n) is 2.72. The first-order chi connectivity index (χ1) is 7.81. The number of carbonyl (C=O) groups excluding carboxylic acids is 1. The average molecular weight is 256 g/mol. The summed E-state index contributed by atoms with van der Waals surface area (Å²) in [5.41, 5.74) is 1.82. The topological polar surface area (TPSA) is 29.1 Å². The van der Waals surface area contributed by atoms with E-state index in [1.54, 1.807) is 0 Å². The van der Waals surface area contributed by atoms with Crippen LogP contribution in [0.5, 0.6) is 0 Å². The number of hydrogen-bond donors (Lipinski definition) is 1. The molecule has 2 rings (SSSR count). The van der Waals surface area contributed by atoms with Crippen molar-refractivity contribution in [2.24, 2.45) is 5.92 Å². The number of rotatable bonds is 3. The lowest BCUT2D eigenvalue weighted by Crippen LogP contribution is -2.22. The molecule has 1 aliphatic rings. The van der Waals surface area contributed by atoms with Crippen LogP contribution in [0.15, 0.2) is 24.3 Å².